The van der Waals surface area contributed by atoms with Gasteiger partial charge in [0.25, 0.3) is 5.91 Å². The number of hydrogen-bond acceptors (Lipinski definition) is 2. The number of H-pyrrole nitrogens is 1. The van der Waals surface area contributed by atoms with Crippen molar-refractivity contribution in [3.8, 4) is 0 Å². The quantitative estimate of drug-likeness (QED) is 0.757. The number of nitrogens with zero attached hydrogens (tertiary/aromatic N) is 1. The van der Waals surface area contributed by atoms with Crippen LogP contribution in [0.2, 0.25) is 0 Å². The lowest BCUT2D eigenvalue weighted by atomic mass is 10.2. The normalized spacial score (nSPS) is 16.1. The van der Waals surface area contributed by atoms with Crippen LogP contribution >= 0.6 is 11.3 Å². The van der Waals surface area contributed by atoms with Crippen LogP contribution in [-0.4, -0.2) is 42.0 Å². The van der Waals surface area contributed by atoms with Crippen LogP contribution < -0.4 is 4.90 Å². The number of thiophene rings is 1. The standard InChI is InChI=1S/C18H19N3OS/c22-18(17-12-14-4-1-2-6-16(14)19-17)21-9-7-20(8-10-21)13-15-5-3-11-23-15/h1-6,11-12,19H,7-10,13H2/p+1. The van der Waals surface area contributed by atoms with Crippen molar-refractivity contribution in [2.75, 3.05) is 26.2 Å². The maximum Gasteiger partial charge on any atom is 0.270 e. The third kappa shape index (κ3) is 3.02. The van der Waals surface area contributed by atoms with Crippen LogP contribution in [0.15, 0.2) is 47.8 Å². The van der Waals surface area contributed by atoms with E-state index in [0.29, 0.717) is 5.69 Å². The third-order valence-electron chi connectivity index (χ3n) is 4.52. The molecular weight excluding hydrogens is 306 g/mol. The van der Waals surface area contributed by atoms with Crippen molar-refractivity contribution < 1.29 is 9.69 Å². The van der Waals surface area contributed by atoms with Crippen LogP contribution in [0.1, 0.15) is 15.4 Å². The molecule has 5 heteroatoms. The number of carbonyl (C=O) groups is 1. The minimum atomic E-state index is 0.122. The highest BCUT2D eigenvalue weighted by molar-refractivity contribution is 7.09. The summed E-state index contributed by atoms with van der Waals surface area (Å²) < 4.78 is 0. The molecule has 2 N–H and O–H groups in total. The molecule has 1 saturated heterocycles. The number of benzene rings is 1. The van der Waals surface area contributed by atoms with E-state index in [1.807, 2.05) is 46.6 Å². The molecule has 1 aromatic carbocycles. The van der Waals surface area contributed by atoms with Gasteiger partial charge in [0.15, 0.2) is 0 Å². The zero-order chi connectivity index (χ0) is 15.6. The van der Waals surface area contributed by atoms with Gasteiger partial charge in [-0.3, -0.25) is 4.79 Å². The molecule has 0 radical (unpaired) electrons. The van der Waals surface area contributed by atoms with E-state index >= 15 is 0 Å². The summed E-state index contributed by atoms with van der Waals surface area (Å²) in [5.41, 5.74) is 1.73. The number of aromatic amines is 1. The molecule has 0 bridgehead atoms. The fourth-order valence-electron chi connectivity index (χ4n) is 3.22. The number of amides is 1. The van der Waals surface area contributed by atoms with Crippen molar-refractivity contribution in [2.45, 2.75) is 6.54 Å². The second-order valence-electron chi connectivity index (χ2n) is 6.07. The van der Waals surface area contributed by atoms with Crippen LogP contribution in [0.4, 0.5) is 0 Å². The molecule has 1 aliphatic rings. The van der Waals surface area contributed by atoms with Crippen molar-refractivity contribution >= 4 is 28.1 Å². The lowest BCUT2D eigenvalue weighted by Crippen LogP contribution is -3.13. The van der Waals surface area contributed by atoms with Gasteiger partial charge in [-0.15, -0.1) is 11.3 Å². The van der Waals surface area contributed by atoms with Gasteiger partial charge in [0.2, 0.25) is 0 Å². The van der Waals surface area contributed by atoms with Crippen LogP contribution in [0, 0.1) is 0 Å². The van der Waals surface area contributed by atoms with Gasteiger partial charge in [-0.1, -0.05) is 24.3 Å². The van der Waals surface area contributed by atoms with Crippen molar-refractivity contribution in [1.82, 2.24) is 9.88 Å². The van der Waals surface area contributed by atoms with Crippen molar-refractivity contribution in [3.05, 3.63) is 58.4 Å². The Morgan fingerprint density at radius 1 is 1.17 bits per heavy atom. The average Bonchev–Trinajstić information content (AvgIpc) is 3.24. The maximum absolute atomic E-state index is 12.7. The van der Waals surface area contributed by atoms with E-state index in [0.717, 1.165) is 43.6 Å². The molecular formula is C18H20N3OS+. The summed E-state index contributed by atoms with van der Waals surface area (Å²) >= 11 is 1.82. The minimum Gasteiger partial charge on any atom is -0.351 e. The largest absolute Gasteiger partial charge is 0.351 e. The molecule has 0 spiro atoms. The van der Waals surface area contributed by atoms with Gasteiger partial charge >= 0.3 is 0 Å². The number of aromatic nitrogens is 1. The van der Waals surface area contributed by atoms with Crippen LogP contribution in [-0.2, 0) is 6.54 Å². The summed E-state index contributed by atoms with van der Waals surface area (Å²) in [5, 5.41) is 3.22. The number of fused-ring (bicyclic) bond motifs is 1. The molecule has 1 fully saturated rings. The number of nitrogens with one attached hydrogen (secondary N) is 2. The highest BCUT2D eigenvalue weighted by atomic mass is 32.1. The fraction of sp³-hybridized carbons (Fsp3) is 0.278. The molecule has 0 atom stereocenters. The minimum absolute atomic E-state index is 0.122. The Hall–Kier alpha value is -2.11. The molecule has 3 aromatic rings. The smallest absolute Gasteiger partial charge is 0.270 e. The molecule has 2 aromatic heterocycles. The number of carbonyl (C=O) groups excluding carboxylic acids is 1. The molecule has 4 nitrogen and oxygen atoms in total. The predicted octanol–water partition coefficient (Wildman–Crippen LogP) is 1.77. The number of piperazine rings is 1. The highest BCUT2D eigenvalue weighted by Crippen LogP contribution is 2.16. The zero-order valence-corrected chi connectivity index (χ0v) is 13.7. The number of rotatable bonds is 3. The van der Waals surface area contributed by atoms with Gasteiger partial charge in [0.05, 0.1) is 31.1 Å². The van der Waals surface area contributed by atoms with E-state index in [4.69, 9.17) is 0 Å². The van der Waals surface area contributed by atoms with Crippen LogP contribution in [0.25, 0.3) is 10.9 Å². The van der Waals surface area contributed by atoms with Gasteiger partial charge in [0.1, 0.15) is 12.2 Å². The molecule has 0 saturated carbocycles. The first kappa shape index (κ1) is 14.5. The molecule has 4 rings (SSSR count). The average molecular weight is 326 g/mol. The van der Waals surface area contributed by atoms with Crippen molar-refractivity contribution in [2.24, 2.45) is 0 Å². The van der Waals surface area contributed by atoms with Gasteiger partial charge in [-0.2, -0.15) is 0 Å². The Kier molecular flexibility index (Phi) is 3.89. The molecule has 1 amide bonds. The second-order valence-corrected chi connectivity index (χ2v) is 7.10. The monoisotopic (exact) mass is 326 g/mol. The Morgan fingerprint density at radius 2 is 2.00 bits per heavy atom. The molecule has 3 heterocycles. The molecule has 0 aliphatic carbocycles. The Morgan fingerprint density at radius 3 is 2.74 bits per heavy atom. The molecule has 0 unspecified atom stereocenters. The van der Waals surface area contributed by atoms with E-state index in [-0.39, 0.29) is 5.91 Å². The summed E-state index contributed by atoms with van der Waals surface area (Å²) in [4.78, 5) is 20.9. The topological polar surface area (TPSA) is 40.5 Å². The highest BCUT2D eigenvalue weighted by Gasteiger charge is 2.25. The Labute approximate surface area is 139 Å². The summed E-state index contributed by atoms with van der Waals surface area (Å²) in [7, 11) is 0. The number of para-hydroxylation sites is 1. The molecule has 23 heavy (non-hydrogen) atoms. The fourth-order valence-corrected chi connectivity index (χ4v) is 4.00. The van der Waals surface area contributed by atoms with Crippen molar-refractivity contribution in [1.29, 1.82) is 0 Å². The predicted molar refractivity (Wildman–Crippen MR) is 92.9 cm³/mol. The van der Waals surface area contributed by atoms with E-state index in [1.165, 1.54) is 4.88 Å². The molecule has 1 aliphatic heterocycles. The first-order chi connectivity index (χ1) is 11.3. The van der Waals surface area contributed by atoms with E-state index in [2.05, 4.69) is 22.5 Å². The lowest BCUT2D eigenvalue weighted by molar-refractivity contribution is -0.917. The SMILES string of the molecule is O=C(c1cc2ccccc2[nH]1)N1CC[NH+](Cc2cccs2)CC1. The number of quaternary nitrogens is 1. The zero-order valence-electron chi connectivity index (χ0n) is 12.9. The van der Waals surface area contributed by atoms with E-state index < -0.39 is 0 Å². The van der Waals surface area contributed by atoms with Gasteiger partial charge in [-0.25, -0.2) is 0 Å². The first-order valence-corrected chi connectivity index (χ1v) is 8.90. The third-order valence-corrected chi connectivity index (χ3v) is 5.40. The van der Waals surface area contributed by atoms with E-state index in [9.17, 15) is 4.79 Å². The van der Waals surface area contributed by atoms with Gasteiger partial charge in [-0.05, 0) is 23.6 Å². The second kappa shape index (κ2) is 6.18. The summed E-state index contributed by atoms with van der Waals surface area (Å²) in [6.45, 7) is 4.77. The Balaban J connectivity index is 1.40. The maximum atomic E-state index is 12.7. The Bertz CT molecular complexity index is 768. The summed E-state index contributed by atoms with van der Waals surface area (Å²) in [6, 6.07) is 14.3. The van der Waals surface area contributed by atoms with Gasteiger partial charge in [0, 0.05) is 10.9 Å². The number of hydrogen-bond donors (Lipinski definition) is 2. The summed E-state index contributed by atoms with van der Waals surface area (Å²) in [5.74, 6) is 0.122. The van der Waals surface area contributed by atoms with Crippen LogP contribution in [0.3, 0.4) is 0 Å². The summed E-state index contributed by atoms with van der Waals surface area (Å²) in [6.07, 6.45) is 0. The first-order valence-electron chi connectivity index (χ1n) is 8.02. The van der Waals surface area contributed by atoms with E-state index in [1.54, 1.807) is 4.90 Å². The van der Waals surface area contributed by atoms with Gasteiger partial charge < -0.3 is 14.8 Å². The lowest BCUT2D eigenvalue weighted by Gasteiger charge is -2.31. The van der Waals surface area contributed by atoms with Crippen molar-refractivity contribution in [3.63, 3.8) is 0 Å². The van der Waals surface area contributed by atoms with Crippen LogP contribution in [0.5, 0.6) is 0 Å². The molecule has 118 valence electrons.